The topological polar surface area (TPSA) is 98.3 Å². The highest BCUT2D eigenvalue weighted by Gasteiger charge is 2.15. The Balaban J connectivity index is 1.95. The number of aromatic nitrogens is 3. The molecule has 3 aromatic rings. The van der Waals surface area contributed by atoms with Crippen molar-refractivity contribution >= 4 is 34.6 Å². The summed E-state index contributed by atoms with van der Waals surface area (Å²) in [5.74, 6) is 1.32. The number of hydrogen-bond donors (Lipinski definition) is 2. The van der Waals surface area contributed by atoms with E-state index in [1.54, 1.807) is 12.1 Å². The molecule has 3 rings (SSSR count). The van der Waals surface area contributed by atoms with Crippen LogP contribution in [0.25, 0.3) is 11.2 Å². The number of aryl methyl sites for hydroxylation is 1. The summed E-state index contributed by atoms with van der Waals surface area (Å²) >= 11 is 0. The van der Waals surface area contributed by atoms with Gasteiger partial charge in [0.25, 0.3) is 0 Å². The maximum Gasteiger partial charge on any atom is 0.337 e. The molecule has 0 fully saturated rings. The predicted octanol–water partition coefficient (Wildman–Crippen LogP) is 3.94. The van der Waals surface area contributed by atoms with Crippen LogP contribution in [0.5, 0.6) is 0 Å². The van der Waals surface area contributed by atoms with Crippen LogP contribution in [0.1, 0.15) is 43.5 Å². The molecule has 31 heavy (non-hydrogen) atoms. The summed E-state index contributed by atoms with van der Waals surface area (Å²) in [4.78, 5) is 23.7. The smallest absolute Gasteiger partial charge is 0.337 e. The molecule has 2 aromatic heterocycles. The largest absolute Gasteiger partial charge is 0.465 e. The van der Waals surface area contributed by atoms with Crippen LogP contribution < -0.4 is 16.0 Å². The van der Waals surface area contributed by atoms with Crippen LogP contribution in [-0.4, -0.2) is 47.2 Å². The fraction of sp³-hybridized carbons (Fsp3) is 0.435. The van der Waals surface area contributed by atoms with Crippen LogP contribution in [0, 0.1) is 0 Å². The Morgan fingerprint density at radius 1 is 1.10 bits per heavy atom. The van der Waals surface area contributed by atoms with Gasteiger partial charge in [-0.2, -0.15) is 0 Å². The van der Waals surface area contributed by atoms with Crippen molar-refractivity contribution < 1.29 is 9.53 Å². The Morgan fingerprint density at radius 2 is 1.81 bits per heavy atom. The lowest BCUT2D eigenvalue weighted by Crippen LogP contribution is -2.25. The van der Waals surface area contributed by atoms with Crippen molar-refractivity contribution in [2.75, 3.05) is 37.0 Å². The Labute approximate surface area is 183 Å². The van der Waals surface area contributed by atoms with Gasteiger partial charge in [0, 0.05) is 25.3 Å². The third-order valence-electron chi connectivity index (χ3n) is 5.04. The lowest BCUT2D eigenvalue weighted by molar-refractivity contribution is 0.0601. The van der Waals surface area contributed by atoms with Gasteiger partial charge in [-0.05, 0) is 62.2 Å². The van der Waals surface area contributed by atoms with Crippen LogP contribution in [-0.2, 0) is 11.3 Å². The summed E-state index contributed by atoms with van der Waals surface area (Å²) in [5, 5.41) is 3.36. The number of benzene rings is 1. The summed E-state index contributed by atoms with van der Waals surface area (Å²) in [6.45, 7) is 7.61. The van der Waals surface area contributed by atoms with Gasteiger partial charge in [0.05, 0.1) is 12.7 Å². The van der Waals surface area contributed by atoms with Crippen LogP contribution in [0.15, 0.2) is 36.4 Å². The molecule has 0 aliphatic carbocycles. The van der Waals surface area contributed by atoms with E-state index >= 15 is 0 Å². The second-order valence-corrected chi connectivity index (χ2v) is 7.42. The first kappa shape index (κ1) is 22.6. The molecular weight excluding hydrogens is 392 g/mol. The second kappa shape index (κ2) is 10.8. The highest BCUT2D eigenvalue weighted by molar-refractivity contribution is 5.89. The minimum Gasteiger partial charge on any atom is -0.465 e. The first-order chi connectivity index (χ1) is 15.1. The number of nitrogens with two attached hydrogens (primary N) is 1. The quantitative estimate of drug-likeness (QED) is 0.450. The van der Waals surface area contributed by atoms with Crippen molar-refractivity contribution in [2.45, 2.75) is 39.7 Å². The number of carbonyl (C=O) groups is 1. The molecule has 0 atom stereocenters. The zero-order chi connectivity index (χ0) is 22.2. The summed E-state index contributed by atoms with van der Waals surface area (Å²) in [6.07, 6.45) is 2.96. The van der Waals surface area contributed by atoms with E-state index in [2.05, 4.69) is 28.6 Å². The van der Waals surface area contributed by atoms with Crippen LogP contribution in [0.4, 0.5) is 17.5 Å². The van der Waals surface area contributed by atoms with Gasteiger partial charge in [-0.25, -0.2) is 14.8 Å². The maximum absolute atomic E-state index is 11.7. The Hall–Kier alpha value is -3.13. The van der Waals surface area contributed by atoms with Crippen molar-refractivity contribution in [2.24, 2.45) is 5.73 Å². The zero-order valence-electron chi connectivity index (χ0n) is 18.6. The van der Waals surface area contributed by atoms with E-state index < -0.39 is 0 Å². The predicted molar refractivity (Wildman–Crippen MR) is 125 cm³/mol. The minimum absolute atomic E-state index is 0.359. The highest BCUT2D eigenvalue weighted by atomic mass is 16.5. The molecule has 0 aliphatic heterocycles. The molecule has 0 unspecified atom stereocenters. The molecular formula is C23H32N6O2. The first-order valence-electron chi connectivity index (χ1n) is 10.9. The number of fused-ring (bicyclic) bond motifs is 1. The van der Waals surface area contributed by atoms with E-state index in [0.717, 1.165) is 55.0 Å². The second-order valence-electron chi connectivity index (χ2n) is 7.42. The van der Waals surface area contributed by atoms with Gasteiger partial charge in [0.15, 0.2) is 5.65 Å². The van der Waals surface area contributed by atoms with Crippen molar-refractivity contribution in [3.8, 4) is 0 Å². The first-order valence-corrected chi connectivity index (χ1v) is 10.9. The fourth-order valence-corrected chi connectivity index (χ4v) is 3.54. The van der Waals surface area contributed by atoms with Gasteiger partial charge in [0.1, 0.15) is 11.3 Å². The van der Waals surface area contributed by atoms with Crippen molar-refractivity contribution in [1.82, 2.24) is 14.5 Å². The molecule has 0 saturated heterocycles. The van der Waals surface area contributed by atoms with E-state index in [1.807, 2.05) is 24.3 Å². The van der Waals surface area contributed by atoms with E-state index in [4.69, 9.17) is 20.4 Å². The Morgan fingerprint density at radius 3 is 2.42 bits per heavy atom. The van der Waals surface area contributed by atoms with Gasteiger partial charge in [-0.15, -0.1) is 0 Å². The average Bonchev–Trinajstić information content (AvgIpc) is 3.13. The van der Waals surface area contributed by atoms with Gasteiger partial charge in [0.2, 0.25) is 5.95 Å². The molecule has 8 nitrogen and oxygen atoms in total. The van der Waals surface area contributed by atoms with Gasteiger partial charge < -0.3 is 20.7 Å². The molecule has 166 valence electrons. The number of ether oxygens (including phenoxy) is 1. The molecule has 0 saturated carbocycles. The third-order valence-corrected chi connectivity index (χ3v) is 5.04. The van der Waals surface area contributed by atoms with Crippen molar-refractivity contribution in [3.05, 3.63) is 42.0 Å². The number of carbonyl (C=O) groups excluding carboxylic acids is 1. The number of rotatable bonds is 11. The number of nitrogens with one attached hydrogen (secondary N) is 1. The number of hydrogen-bond acceptors (Lipinski definition) is 7. The minimum atomic E-state index is -0.359. The Kier molecular flexibility index (Phi) is 7.83. The SMILES string of the molecule is CCCN(CCC)c1ccc2nc(Nc3ccc(C(=O)OC)cc3)n(CCCN)c2n1. The average molecular weight is 425 g/mol. The van der Waals surface area contributed by atoms with Crippen molar-refractivity contribution in [3.63, 3.8) is 0 Å². The van der Waals surface area contributed by atoms with E-state index in [9.17, 15) is 4.79 Å². The highest BCUT2D eigenvalue weighted by Crippen LogP contribution is 2.25. The number of imidazole rings is 1. The van der Waals surface area contributed by atoms with Gasteiger partial charge >= 0.3 is 5.97 Å². The van der Waals surface area contributed by atoms with Gasteiger partial charge in [-0.3, -0.25) is 4.57 Å². The molecule has 0 aliphatic rings. The molecule has 1 aromatic carbocycles. The summed E-state index contributed by atoms with van der Waals surface area (Å²) in [5.41, 5.74) is 8.79. The molecule has 8 heteroatoms. The number of pyridine rings is 1. The zero-order valence-corrected chi connectivity index (χ0v) is 18.6. The maximum atomic E-state index is 11.7. The molecule has 2 heterocycles. The van der Waals surface area contributed by atoms with E-state index in [0.29, 0.717) is 24.6 Å². The lowest BCUT2D eigenvalue weighted by atomic mass is 10.2. The van der Waals surface area contributed by atoms with Crippen LogP contribution in [0.3, 0.4) is 0 Å². The molecule has 0 bridgehead atoms. The van der Waals surface area contributed by atoms with E-state index in [-0.39, 0.29) is 5.97 Å². The van der Waals surface area contributed by atoms with E-state index in [1.165, 1.54) is 7.11 Å². The summed E-state index contributed by atoms with van der Waals surface area (Å²) in [7, 11) is 1.37. The monoisotopic (exact) mass is 424 g/mol. The number of nitrogens with zero attached hydrogens (tertiary/aromatic N) is 4. The number of anilines is 3. The lowest BCUT2D eigenvalue weighted by Gasteiger charge is -2.22. The Bertz CT molecular complexity index is 993. The molecule has 0 radical (unpaired) electrons. The van der Waals surface area contributed by atoms with Crippen LogP contribution >= 0.6 is 0 Å². The fourth-order valence-electron chi connectivity index (χ4n) is 3.54. The number of methoxy groups -OCH3 is 1. The van der Waals surface area contributed by atoms with Crippen molar-refractivity contribution in [1.29, 1.82) is 0 Å². The van der Waals surface area contributed by atoms with Gasteiger partial charge in [-0.1, -0.05) is 13.8 Å². The summed E-state index contributed by atoms with van der Waals surface area (Å²) < 4.78 is 6.84. The molecule has 0 amide bonds. The number of esters is 1. The molecule has 0 spiro atoms. The summed E-state index contributed by atoms with van der Waals surface area (Å²) in [6, 6.07) is 11.2. The molecule has 3 N–H and O–H groups in total. The third kappa shape index (κ3) is 5.32. The van der Waals surface area contributed by atoms with Crippen LogP contribution in [0.2, 0.25) is 0 Å². The standard InChI is InChI=1S/C23H32N6O2/c1-4-14-28(15-5-2)20-12-11-19-21(27-20)29(16-6-13-24)23(26-19)25-18-9-7-17(8-10-18)22(30)31-3/h7-12H,4-6,13-16,24H2,1-3H3,(H,25,26). The normalized spacial score (nSPS) is 11.0.